The van der Waals surface area contributed by atoms with E-state index in [9.17, 15) is 18.8 Å². The van der Waals surface area contributed by atoms with Crippen LogP contribution in [-0.4, -0.2) is 48.1 Å². The number of carbonyl (C=O) groups is 3. The highest BCUT2D eigenvalue weighted by molar-refractivity contribution is 5.92. The van der Waals surface area contributed by atoms with Crippen molar-refractivity contribution >= 4 is 17.5 Å². The largest absolute Gasteiger partial charge is 0.490 e. The van der Waals surface area contributed by atoms with E-state index in [-0.39, 0.29) is 41.7 Å². The van der Waals surface area contributed by atoms with Gasteiger partial charge < -0.3 is 15.4 Å². The number of hydrogen-bond acceptors (Lipinski definition) is 5. The van der Waals surface area contributed by atoms with Crippen LogP contribution in [0.1, 0.15) is 70.4 Å². The van der Waals surface area contributed by atoms with Crippen LogP contribution in [0.5, 0.6) is 5.75 Å². The third-order valence-corrected chi connectivity index (χ3v) is 8.16. The number of ether oxygens (including phenoxy) is 1. The molecule has 0 radical (unpaired) electrons. The second-order valence-corrected chi connectivity index (χ2v) is 11.4. The van der Waals surface area contributed by atoms with Gasteiger partial charge in [-0.25, -0.2) is 4.39 Å². The standard InChI is InChI=1S/C33H45FN2O4/c1-22(40-32-10-6-5-8-27(32)9-7-19-35)11-18-30(26-14-15-26)33(39)36(4)23(2)31(38)21-28(24(3)37)20-25-12-16-29(34)17-13-25/h5-6,8,10,12-13,16-17,22-23,26,28,30H,7,9,11,14-15,18-21,35H2,1-4H3/t22-,23-,28+,30+/m1/s1. The summed E-state index contributed by atoms with van der Waals surface area (Å²) in [5.41, 5.74) is 7.63. The van der Waals surface area contributed by atoms with Crippen LogP contribution in [0.25, 0.3) is 0 Å². The predicted octanol–water partition coefficient (Wildman–Crippen LogP) is 5.54. The van der Waals surface area contributed by atoms with Crippen molar-refractivity contribution in [3.05, 3.63) is 65.5 Å². The van der Waals surface area contributed by atoms with Crippen molar-refractivity contribution in [1.82, 2.24) is 4.90 Å². The maximum absolute atomic E-state index is 13.6. The normalized spacial score (nSPS) is 16.1. The Morgan fingerprint density at radius 3 is 2.35 bits per heavy atom. The second kappa shape index (κ2) is 15.1. The molecule has 0 aromatic heterocycles. The minimum absolute atomic E-state index is 0.0168. The lowest BCUT2D eigenvalue weighted by molar-refractivity contribution is -0.142. The number of nitrogens with two attached hydrogens (primary N) is 1. The lowest BCUT2D eigenvalue weighted by atomic mass is 9.89. The number of ketones is 2. The van der Waals surface area contributed by atoms with Crippen molar-refractivity contribution in [1.29, 1.82) is 0 Å². The van der Waals surface area contributed by atoms with E-state index >= 15 is 0 Å². The van der Waals surface area contributed by atoms with Crippen molar-refractivity contribution in [2.75, 3.05) is 13.6 Å². The Morgan fingerprint density at radius 1 is 1.05 bits per heavy atom. The molecular weight excluding hydrogens is 507 g/mol. The van der Waals surface area contributed by atoms with Crippen LogP contribution < -0.4 is 10.5 Å². The van der Waals surface area contributed by atoms with E-state index in [1.165, 1.54) is 19.1 Å². The molecule has 6 nitrogen and oxygen atoms in total. The molecule has 0 heterocycles. The zero-order valence-corrected chi connectivity index (χ0v) is 24.4. The Morgan fingerprint density at radius 2 is 1.73 bits per heavy atom. The Hall–Kier alpha value is -3.06. The molecule has 1 aliphatic rings. The quantitative estimate of drug-likeness (QED) is 0.278. The fourth-order valence-corrected chi connectivity index (χ4v) is 5.21. The number of para-hydroxylation sites is 1. The zero-order chi connectivity index (χ0) is 29.2. The summed E-state index contributed by atoms with van der Waals surface area (Å²) in [5, 5.41) is 0. The monoisotopic (exact) mass is 552 g/mol. The van der Waals surface area contributed by atoms with E-state index in [2.05, 4.69) is 6.07 Å². The molecule has 1 saturated carbocycles. The smallest absolute Gasteiger partial charge is 0.226 e. The number of benzene rings is 2. The Kier molecular flexibility index (Phi) is 11.9. The van der Waals surface area contributed by atoms with Gasteiger partial charge >= 0.3 is 0 Å². The molecular formula is C33H45FN2O4. The van der Waals surface area contributed by atoms with E-state index in [0.29, 0.717) is 25.3 Å². The predicted molar refractivity (Wildman–Crippen MR) is 155 cm³/mol. The molecule has 7 heteroatoms. The lowest BCUT2D eigenvalue weighted by Crippen LogP contribution is -2.44. The average Bonchev–Trinajstić information content (AvgIpc) is 3.77. The third kappa shape index (κ3) is 9.26. The molecule has 1 fully saturated rings. The molecule has 1 aliphatic carbocycles. The van der Waals surface area contributed by atoms with Crippen LogP contribution in [0.3, 0.4) is 0 Å². The first-order valence-corrected chi connectivity index (χ1v) is 14.6. The number of carbonyl (C=O) groups excluding carboxylic acids is 3. The van der Waals surface area contributed by atoms with Gasteiger partial charge in [-0.15, -0.1) is 0 Å². The van der Waals surface area contributed by atoms with Gasteiger partial charge in [0.15, 0.2) is 5.78 Å². The molecule has 3 rings (SSSR count). The van der Waals surface area contributed by atoms with E-state index < -0.39 is 12.0 Å². The van der Waals surface area contributed by atoms with Crippen LogP contribution >= 0.6 is 0 Å². The minimum Gasteiger partial charge on any atom is -0.490 e. The molecule has 2 aromatic rings. The number of aryl methyl sites for hydroxylation is 1. The van der Waals surface area contributed by atoms with E-state index in [4.69, 9.17) is 10.5 Å². The van der Waals surface area contributed by atoms with Crippen molar-refractivity contribution in [2.45, 2.75) is 84.3 Å². The van der Waals surface area contributed by atoms with Gasteiger partial charge in [-0.3, -0.25) is 14.4 Å². The number of amides is 1. The molecule has 0 spiro atoms. The van der Waals surface area contributed by atoms with Gasteiger partial charge in [0.05, 0.1) is 12.1 Å². The van der Waals surface area contributed by atoms with Gasteiger partial charge in [0.1, 0.15) is 17.3 Å². The van der Waals surface area contributed by atoms with Crippen LogP contribution in [-0.2, 0) is 27.2 Å². The highest BCUT2D eigenvalue weighted by Gasteiger charge is 2.39. The molecule has 2 aromatic carbocycles. The zero-order valence-electron chi connectivity index (χ0n) is 24.4. The molecule has 40 heavy (non-hydrogen) atoms. The fraction of sp³-hybridized carbons (Fsp3) is 0.545. The summed E-state index contributed by atoms with van der Waals surface area (Å²) in [5.74, 6) is -0.0370. The number of halogens is 1. The van der Waals surface area contributed by atoms with Crippen molar-refractivity contribution in [3.63, 3.8) is 0 Å². The van der Waals surface area contributed by atoms with E-state index in [0.717, 1.165) is 49.0 Å². The molecule has 0 saturated heterocycles. The Bertz CT molecular complexity index is 1130. The van der Waals surface area contributed by atoms with Gasteiger partial charge in [0.25, 0.3) is 0 Å². The molecule has 0 aliphatic heterocycles. The first-order valence-electron chi connectivity index (χ1n) is 14.6. The maximum Gasteiger partial charge on any atom is 0.226 e. The van der Waals surface area contributed by atoms with E-state index in [1.54, 1.807) is 31.0 Å². The van der Waals surface area contributed by atoms with Crippen LogP contribution in [0.2, 0.25) is 0 Å². The Balaban J connectivity index is 1.57. The van der Waals surface area contributed by atoms with Crippen molar-refractivity contribution in [2.24, 2.45) is 23.5 Å². The third-order valence-electron chi connectivity index (χ3n) is 8.16. The van der Waals surface area contributed by atoms with Crippen LogP contribution in [0, 0.1) is 23.6 Å². The molecule has 1 amide bonds. The number of rotatable bonds is 17. The number of likely N-dealkylation sites (N-methyl/N-ethyl adjacent to an activating group) is 1. The topological polar surface area (TPSA) is 89.7 Å². The molecule has 0 unspecified atom stereocenters. The minimum atomic E-state index is -0.632. The van der Waals surface area contributed by atoms with Crippen LogP contribution in [0.15, 0.2) is 48.5 Å². The summed E-state index contributed by atoms with van der Waals surface area (Å²) in [4.78, 5) is 40.6. The highest BCUT2D eigenvalue weighted by Crippen LogP contribution is 2.40. The van der Waals surface area contributed by atoms with Gasteiger partial charge in [0.2, 0.25) is 5.91 Å². The molecule has 4 atom stereocenters. The van der Waals surface area contributed by atoms with Crippen molar-refractivity contribution < 1.29 is 23.5 Å². The summed E-state index contributed by atoms with van der Waals surface area (Å²) in [6.45, 7) is 5.88. The molecule has 2 N–H and O–H groups in total. The summed E-state index contributed by atoms with van der Waals surface area (Å²) in [6, 6.07) is 13.4. The highest BCUT2D eigenvalue weighted by atomic mass is 19.1. The van der Waals surface area contributed by atoms with Gasteiger partial charge in [-0.2, -0.15) is 0 Å². The van der Waals surface area contributed by atoms with Crippen molar-refractivity contribution in [3.8, 4) is 5.75 Å². The first kappa shape index (κ1) is 31.5. The van der Waals surface area contributed by atoms with Gasteiger partial charge in [-0.1, -0.05) is 30.3 Å². The molecule has 0 bridgehead atoms. The maximum atomic E-state index is 13.6. The Labute approximate surface area is 238 Å². The number of hydrogen-bond donors (Lipinski definition) is 1. The second-order valence-electron chi connectivity index (χ2n) is 11.4. The fourth-order valence-electron chi connectivity index (χ4n) is 5.21. The summed E-state index contributed by atoms with van der Waals surface area (Å²) in [6.07, 6.45) is 5.60. The number of Topliss-reactive ketones (excluding diaryl/α,β-unsaturated/α-hetero) is 2. The summed E-state index contributed by atoms with van der Waals surface area (Å²) in [7, 11) is 1.69. The molecule has 218 valence electrons. The SMILES string of the molecule is CC(=O)[C@H](CC(=O)[C@@H](C)N(C)C(=O)[C@@H](CC[C@@H](C)Oc1ccccc1CCCN)C1CC1)Cc1ccc(F)cc1. The number of nitrogens with zero attached hydrogens (tertiary/aromatic N) is 1. The first-order chi connectivity index (χ1) is 19.1. The summed E-state index contributed by atoms with van der Waals surface area (Å²) >= 11 is 0. The van der Waals surface area contributed by atoms with E-state index in [1.807, 2.05) is 25.1 Å². The van der Waals surface area contributed by atoms with Gasteiger partial charge in [0, 0.05) is 25.3 Å². The van der Waals surface area contributed by atoms with Crippen LogP contribution in [0.4, 0.5) is 4.39 Å². The average molecular weight is 553 g/mol. The lowest BCUT2D eigenvalue weighted by Gasteiger charge is -2.30. The summed E-state index contributed by atoms with van der Waals surface area (Å²) < 4.78 is 19.5. The van der Waals surface area contributed by atoms with Gasteiger partial charge in [-0.05, 0) is 108 Å².